The van der Waals surface area contributed by atoms with Gasteiger partial charge in [-0.1, -0.05) is 64.7 Å². The Morgan fingerprint density at radius 3 is 1.98 bits per heavy atom. The van der Waals surface area contributed by atoms with Crippen molar-refractivity contribution in [2.24, 2.45) is 21.6 Å². The van der Waals surface area contributed by atoms with Gasteiger partial charge >= 0.3 is 0 Å². The number of carbonyl (C=O) groups excluding carboxylic acids is 2. The van der Waals surface area contributed by atoms with Crippen molar-refractivity contribution < 1.29 is 14.0 Å². The zero-order chi connectivity index (χ0) is 32.2. The highest BCUT2D eigenvalue weighted by Gasteiger charge is 2.51. The molecule has 43 heavy (non-hydrogen) atoms. The van der Waals surface area contributed by atoms with Crippen LogP contribution in [-0.2, 0) is 14.0 Å². The molecule has 0 spiro atoms. The van der Waals surface area contributed by atoms with E-state index in [1.54, 1.807) is 19.3 Å². The predicted octanol–water partition coefficient (Wildman–Crippen LogP) is 8.31. The normalized spacial score (nSPS) is 23.8. The number of halogens is 2. The van der Waals surface area contributed by atoms with Crippen LogP contribution in [0.2, 0.25) is 28.2 Å². The van der Waals surface area contributed by atoms with Crippen LogP contribution >= 0.6 is 23.2 Å². The summed E-state index contributed by atoms with van der Waals surface area (Å²) in [4.78, 5) is 38.0. The summed E-state index contributed by atoms with van der Waals surface area (Å²) >= 11 is 13.4. The number of carbonyl (C=O) groups is 2. The van der Waals surface area contributed by atoms with Gasteiger partial charge < -0.3 is 15.1 Å². The number of fused-ring (bicyclic) bond motifs is 3. The van der Waals surface area contributed by atoms with Crippen molar-refractivity contribution in [3.8, 4) is 0 Å². The minimum atomic E-state index is -2.14. The summed E-state index contributed by atoms with van der Waals surface area (Å²) in [6, 6.07) is 2.82. The molecule has 3 fully saturated rings. The maximum Gasteiger partial charge on any atom is 0.257 e. The quantitative estimate of drug-likeness (QED) is 0.131. The number of hydrogen-bond donors (Lipinski definition) is 1. The van der Waals surface area contributed by atoms with Gasteiger partial charge in [0.15, 0.2) is 8.32 Å². The zero-order valence-electron chi connectivity index (χ0n) is 27.5. The minimum Gasteiger partial charge on any atom is -0.408 e. The molecule has 1 heterocycles. The average molecular weight is 652 g/mol. The largest absolute Gasteiger partial charge is 0.408 e. The van der Waals surface area contributed by atoms with Crippen molar-refractivity contribution >= 4 is 48.9 Å². The maximum atomic E-state index is 14.4. The molecule has 3 saturated carbocycles. The van der Waals surface area contributed by atoms with E-state index in [0.29, 0.717) is 39.2 Å². The Bertz CT molecular complexity index is 1190. The fourth-order valence-corrected chi connectivity index (χ4v) is 10.4. The molecule has 4 rings (SSSR count). The summed E-state index contributed by atoms with van der Waals surface area (Å²) in [5.74, 6) is 0.107. The SMILES string of the molecule is CC[Si](CC)(CC)OC(CN(CC(C)(C)C)C(=O)C(=CN)C(C)=NC12CCC(C(C)=O)(CC1)CC2)c1c(Cl)cncc1Cl. The van der Waals surface area contributed by atoms with Gasteiger partial charge in [0.2, 0.25) is 0 Å². The summed E-state index contributed by atoms with van der Waals surface area (Å²) in [6.45, 7) is 17.2. The number of nitrogens with zero attached hydrogens (tertiary/aromatic N) is 3. The first-order chi connectivity index (χ1) is 20.1. The van der Waals surface area contributed by atoms with Crippen LogP contribution in [0.3, 0.4) is 0 Å². The lowest BCUT2D eigenvalue weighted by molar-refractivity contribution is -0.132. The number of Topliss-reactive ketones (excluding diaryl/α,β-unsaturated/α-hetero) is 1. The van der Waals surface area contributed by atoms with E-state index < -0.39 is 14.4 Å². The van der Waals surface area contributed by atoms with Gasteiger partial charge in [0.05, 0.1) is 33.8 Å². The van der Waals surface area contributed by atoms with E-state index in [1.807, 2.05) is 11.8 Å². The smallest absolute Gasteiger partial charge is 0.257 e. The van der Waals surface area contributed by atoms with E-state index in [9.17, 15) is 9.59 Å². The van der Waals surface area contributed by atoms with Gasteiger partial charge in [0.25, 0.3) is 5.91 Å². The predicted molar refractivity (Wildman–Crippen MR) is 180 cm³/mol. The molecule has 1 atom stereocenters. The first-order valence-corrected chi connectivity index (χ1v) is 19.1. The molecule has 2 bridgehead atoms. The second kappa shape index (κ2) is 14.1. The Morgan fingerprint density at radius 1 is 1.05 bits per heavy atom. The van der Waals surface area contributed by atoms with Crippen molar-refractivity contribution in [3.63, 3.8) is 0 Å². The fourth-order valence-electron chi connectivity index (χ4n) is 7.00. The van der Waals surface area contributed by atoms with Crippen molar-refractivity contribution in [3.05, 3.63) is 39.8 Å². The van der Waals surface area contributed by atoms with Gasteiger partial charge in [-0.15, -0.1) is 0 Å². The second-order valence-electron chi connectivity index (χ2n) is 14.0. The van der Waals surface area contributed by atoms with Crippen LogP contribution in [0, 0.1) is 10.8 Å². The highest BCUT2D eigenvalue weighted by Crippen LogP contribution is 2.54. The molecule has 2 N–H and O–H groups in total. The van der Waals surface area contributed by atoms with Crippen molar-refractivity contribution in [2.75, 3.05) is 13.1 Å². The first kappa shape index (κ1) is 35.7. The third-order valence-electron chi connectivity index (χ3n) is 10.0. The third-order valence-corrected chi connectivity index (χ3v) is 15.3. The number of pyridine rings is 1. The summed E-state index contributed by atoms with van der Waals surface area (Å²) in [5.41, 5.74) is 7.25. The summed E-state index contributed by atoms with van der Waals surface area (Å²) in [6.07, 6.45) is 9.17. The van der Waals surface area contributed by atoms with Crippen LogP contribution in [0.25, 0.3) is 0 Å². The topological polar surface area (TPSA) is 97.9 Å². The van der Waals surface area contributed by atoms with Crippen LogP contribution in [0.4, 0.5) is 0 Å². The van der Waals surface area contributed by atoms with Gasteiger partial charge in [-0.3, -0.25) is 19.6 Å². The summed E-state index contributed by atoms with van der Waals surface area (Å²) in [7, 11) is -2.14. The standard InChI is InChI=1S/C33H52Cl2N4O3Si/c1-9-43(10-2,11-3)42-28(29-26(34)19-37-20-27(29)35)21-39(22-31(6,7)8)30(41)25(18-36)23(4)38-33-15-12-32(13-16-33,14-17-33)24(5)40/h18-20,28H,9-17,21-22,36H2,1-8H3. The zero-order valence-corrected chi connectivity index (χ0v) is 30.0. The molecule has 3 aliphatic rings. The van der Waals surface area contributed by atoms with Gasteiger partial charge in [0, 0.05) is 41.8 Å². The maximum absolute atomic E-state index is 14.4. The molecule has 1 aromatic rings. The molecule has 3 aliphatic carbocycles. The Hall–Kier alpha value is -1.74. The molecular formula is C33H52Cl2N4O3Si. The number of hydrogen-bond acceptors (Lipinski definition) is 6. The molecule has 1 amide bonds. The number of rotatable bonds is 13. The molecule has 0 aromatic carbocycles. The number of aliphatic imine (C=N–C) groups is 1. The van der Waals surface area contributed by atoms with Crippen molar-refractivity contribution in [1.82, 2.24) is 9.88 Å². The van der Waals surface area contributed by atoms with E-state index in [2.05, 4.69) is 46.5 Å². The third kappa shape index (κ3) is 8.11. The molecule has 1 aromatic heterocycles. The lowest BCUT2D eigenvalue weighted by atomic mass is 9.56. The van der Waals surface area contributed by atoms with Gasteiger partial charge in [-0.2, -0.15) is 0 Å². The minimum absolute atomic E-state index is 0.185. The van der Waals surface area contributed by atoms with Crippen molar-refractivity contribution in [2.45, 2.75) is 124 Å². The summed E-state index contributed by atoms with van der Waals surface area (Å²) in [5, 5.41) is 0.851. The second-order valence-corrected chi connectivity index (χ2v) is 19.5. The van der Waals surface area contributed by atoms with E-state index >= 15 is 0 Å². The van der Waals surface area contributed by atoms with Crippen LogP contribution in [0.1, 0.15) is 106 Å². The Morgan fingerprint density at radius 2 is 1.56 bits per heavy atom. The number of ketones is 1. The Balaban J connectivity index is 1.99. The fraction of sp³-hybridized carbons (Fsp3) is 0.697. The van der Waals surface area contributed by atoms with Gasteiger partial charge in [-0.25, -0.2) is 0 Å². The Kier molecular flexibility index (Phi) is 11.7. The molecule has 0 radical (unpaired) electrons. The van der Waals surface area contributed by atoms with Gasteiger partial charge in [0.1, 0.15) is 5.78 Å². The number of amides is 1. The first-order valence-electron chi connectivity index (χ1n) is 15.8. The van der Waals surface area contributed by atoms with Crippen LogP contribution in [0.5, 0.6) is 0 Å². The number of aromatic nitrogens is 1. The lowest BCUT2D eigenvalue weighted by Crippen LogP contribution is -2.48. The highest BCUT2D eigenvalue weighted by atomic mass is 35.5. The van der Waals surface area contributed by atoms with E-state index in [4.69, 9.17) is 38.4 Å². The molecule has 0 aliphatic heterocycles. The molecule has 1 unspecified atom stereocenters. The van der Waals surface area contributed by atoms with E-state index in [1.165, 1.54) is 6.20 Å². The number of nitrogens with two attached hydrogens (primary N) is 1. The molecule has 0 saturated heterocycles. The monoisotopic (exact) mass is 650 g/mol. The van der Waals surface area contributed by atoms with Gasteiger partial charge in [-0.05, 0) is 75.9 Å². The van der Waals surface area contributed by atoms with Crippen LogP contribution in [0.15, 0.2) is 29.2 Å². The highest BCUT2D eigenvalue weighted by molar-refractivity contribution is 6.73. The summed E-state index contributed by atoms with van der Waals surface area (Å²) < 4.78 is 7.03. The molecule has 240 valence electrons. The lowest BCUT2D eigenvalue weighted by Gasteiger charge is -2.50. The van der Waals surface area contributed by atoms with E-state index in [0.717, 1.165) is 56.7 Å². The van der Waals surface area contributed by atoms with E-state index in [-0.39, 0.29) is 28.8 Å². The molecule has 10 heteroatoms. The van der Waals surface area contributed by atoms with Crippen LogP contribution in [-0.4, -0.2) is 54.2 Å². The average Bonchev–Trinajstić information content (AvgIpc) is 2.95. The molecule has 7 nitrogen and oxygen atoms in total. The molecular weight excluding hydrogens is 599 g/mol. The Labute approximate surface area is 270 Å². The van der Waals surface area contributed by atoms with Crippen molar-refractivity contribution in [1.29, 1.82) is 0 Å². The van der Waals surface area contributed by atoms with Crippen LogP contribution < -0.4 is 5.73 Å².